The Hall–Kier alpha value is -2.04. The first-order chi connectivity index (χ1) is 10.0. The summed E-state index contributed by atoms with van der Waals surface area (Å²) in [5.41, 5.74) is 12.3. The first-order valence-electron chi connectivity index (χ1n) is 7.49. The molecule has 0 aliphatic rings. The number of rotatable bonds is 6. The van der Waals surface area contributed by atoms with Crippen LogP contribution in [0, 0.1) is 0 Å². The lowest BCUT2D eigenvalue weighted by Crippen LogP contribution is -2.38. The van der Waals surface area contributed by atoms with Crippen molar-refractivity contribution in [2.24, 2.45) is 21.5 Å². The molecule has 0 unspecified atom stereocenters. The van der Waals surface area contributed by atoms with Gasteiger partial charge in [-0.25, -0.2) is 0 Å². The van der Waals surface area contributed by atoms with E-state index in [2.05, 4.69) is 47.8 Å². The van der Waals surface area contributed by atoms with Gasteiger partial charge in [-0.2, -0.15) is 4.99 Å². The second-order valence-electron chi connectivity index (χ2n) is 5.28. The van der Waals surface area contributed by atoms with Gasteiger partial charge >= 0.3 is 0 Å². The molecule has 0 aromatic heterocycles. The van der Waals surface area contributed by atoms with Crippen molar-refractivity contribution in [1.82, 2.24) is 4.90 Å². The van der Waals surface area contributed by atoms with Crippen molar-refractivity contribution >= 4 is 11.9 Å². The highest BCUT2D eigenvalue weighted by Gasteiger charge is 2.15. The van der Waals surface area contributed by atoms with Crippen molar-refractivity contribution in [3.63, 3.8) is 0 Å². The summed E-state index contributed by atoms with van der Waals surface area (Å²) >= 11 is 0. The summed E-state index contributed by atoms with van der Waals surface area (Å²) in [5.74, 6) is 0.659. The fraction of sp³-hybridized carbons (Fsp3) is 0.500. The Bertz CT molecular complexity index is 461. The van der Waals surface area contributed by atoms with Crippen LogP contribution in [0.25, 0.3) is 0 Å². The smallest absolute Gasteiger partial charge is 0.224 e. The lowest BCUT2D eigenvalue weighted by Gasteiger charge is -2.28. The molecule has 0 aliphatic carbocycles. The monoisotopic (exact) mass is 289 g/mol. The lowest BCUT2D eigenvalue weighted by atomic mass is 10.2. The highest BCUT2D eigenvalue weighted by atomic mass is 15.3. The third-order valence-corrected chi connectivity index (χ3v) is 3.07. The van der Waals surface area contributed by atoms with Gasteiger partial charge in [-0.1, -0.05) is 43.7 Å². The third-order valence-electron chi connectivity index (χ3n) is 3.07. The van der Waals surface area contributed by atoms with E-state index in [-0.39, 0.29) is 12.0 Å². The predicted octanol–water partition coefficient (Wildman–Crippen LogP) is 2.33. The van der Waals surface area contributed by atoms with E-state index in [9.17, 15) is 0 Å². The van der Waals surface area contributed by atoms with E-state index < -0.39 is 0 Å². The average molecular weight is 289 g/mol. The molecule has 1 aromatic rings. The minimum absolute atomic E-state index is 0.0453. The van der Waals surface area contributed by atoms with Crippen LogP contribution in [-0.4, -0.2) is 29.4 Å². The molecule has 4 N–H and O–H groups in total. The van der Waals surface area contributed by atoms with Gasteiger partial charge in [0.25, 0.3) is 0 Å². The van der Waals surface area contributed by atoms with Gasteiger partial charge in [0.15, 0.2) is 5.96 Å². The van der Waals surface area contributed by atoms with Gasteiger partial charge in [-0.05, 0) is 25.8 Å². The topological polar surface area (TPSA) is 80.0 Å². The fourth-order valence-corrected chi connectivity index (χ4v) is 1.91. The molecule has 1 aromatic carbocycles. The lowest BCUT2D eigenvalue weighted by molar-refractivity contribution is 0.338. The van der Waals surface area contributed by atoms with Gasteiger partial charge in [-0.15, -0.1) is 0 Å². The van der Waals surface area contributed by atoms with Crippen molar-refractivity contribution in [3.05, 3.63) is 35.9 Å². The van der Waals surface area contributed by atoms with Crippen LogP contribution in [0.15, 0.2) is 40.3 Å². The van der Waals surface area contributed by atoms with Crippen LogP contribution in [0.4, 0.5) is 0 Å². The average Bonchev–Trinajstić information content (AvgIpc) is 2.44. The van der Waals surface area contributed by atoms with Crippen LogP contribution in [0.2, 0.25) is 0 Å². The Morgan fingerprint density at radius 1 is 1.19 bits per heavy atom. The summed E-state index contributed by atoms with van der Waals surface area (Å²) in [7, 11) is 0. The van der Waals surface area contributed by atoms with E-state index in [0.29, 0.717) is 5.96 Å². The van der Waals surface area contributed by atoms with E-state index in [1.165, 1.54) is 5.56 Å². The highest BCUT2D eigenvalue weighted by Crippen LogP contribution is 2.10. The third kappa shape index (κ3) is 6.29. The summed E-state index contributed by atoms with van der Waals surface area (Å²) < 4.78 is 0. The normalized spacial score (nSPS) is 11.5. The van der Waals surface area contributed by atoms with Crippen LogP contribution >= 0.6 is 0 Å². The Morgan fingerprint density at radius 3 is 2.38 bits per heavy atom. The van der Waals surface area contributed by atoms with E-state index in [1.54, 1.807) is 0 Å². The van der Waals surface area contributed by atoms with Crippen LogP contribution in [-0.2, 0) is 6.54 Å². The summed E-state index contributed by atoms with van der Waals surface area (Å²) in [6.45, 7) is 7.84. The van der Waals surface area contributed by atoms with Crippen LogP contribution < -0.4 is 11.5 Å². The predicted molar refractivity (Wildman–Crippen MR) is 90.1 cm³/mol. The molecule has 1 rings (SSSR count). The number of nitrogens with two attached hydrogens (primary N) is 2. The van der Waals surface area contributed by atoms with Crippen molar-refractivity contribution in [2.45, 2.75) is 46.2 Å². The number of aliphatic imine (C=N–C) groups is 2. The second kappa shape index (κ2) is 9.00. The van der Waals surface area contributed by atoms with Crippen LogP contribution in [0.3, 0.4) is 0 Å². The zero-order valence-corrected chi connectivity index (χ0v) is 13.3. The molecule has 0 saturated carbocycles. The number of nitrogens with zero attached hydrogens (tertiary/aromatic N) is 3. The first-order valence-corrected chi connectivity index (χ1v) is 7.49. The Balaban J connectivity index is 2.96. The molecule has 0 aliphatic heterocycles. The zero-order valence-electron chi connectivity index (χ0n) is 13.3. The highest BCUT2D eigenvalue weighted by molar-refractivity contribution is 5.93. The maximum Gasteiger partial charge on any atom is 0.224 e. The van der Waals surface area contributed by atoms with Gasteiger partial charge in [0.05, 0.1) is 0 Å². The largest absolute Gasteiger partial charge is 0.370 e. The van der Waals surface area contributed by atoms with Crippen molar-refractivity contribution in [2.75, 3.05) is 6.54 Å². The van der Waals surface area contributed by atoms with Crippen molar-refractivity contribution < 1.29 is 0 Å². The van der Waals surface area contributed by atoms with Gasteiger partial charge < -0.3 is 16.4 Å². The van der Waals surface area contributed by atoms with Gasteiger partial charge in [0.1, 0.15) is 0 Å². The van der Waals surface area contributed by atoms with E-state index in [4.69, 9.17) is 11.5 Å². The molecule has 5 nitrogen and oxygen atoms in total. The summed E-state index contributed by atoms with van der Waals surface area (Å²) in [5, 5.41) is 0. The Morgan fingerprint density at radius 2 is 1.86 bits per heavy atom. The molecule has 21 heavy (non-hydrogen) atoms. The summed E-state index contributed by atoms with van der Waals surface area (Å²) in [6, 6.07) is 10.5. The van der Waals surface area contributed by atoms with Gasteiger partial charge in [0.2, 0.25) is 5.96 Å². The maximum absolute atomic E-state index is 5.55. The first kappa shape index (κ1) is 17.0. The zero-order chi connectivity index (χ0) is 15.7. The molecule has 0 fully saturated rings. The van der Waals surface area contributed by atoms with Gasteiger partial charge in [0, 0.05) is 19.1 Å². The molecule has 0 spiro atoms. The molecule has 5 heteroatoms. The standard InChI is InChI=1S/C16H27N5/c1-4-5-11-19-16(20-15(17)18)21(13(2)3)12-14-9-7-6-8-10-14/h6-10,13H,4-5,11-12H2,1-3H3,(H4,17,18,19,20). The molecular formula is C16H27N5. The minimum Gasteiger partial charge on any atom is -0.370 e. The summed E-state index contributed by atoms with van der Waals surface area (Å²) in [6.07, 6.45) is 2.12. The molecule has 0 heterocycles. The van der Waals surface area contributed by atoms with Gasteiger partial charge in [-0.3, -0.25) is 4.99 Å². The number of hydrogen-bond acceptors (Lipinski definition) is 1. The SMILES string of the molecule is CCCCN=C(N=C(N)N)N(Cc1ccccc1)C(C)C. The fourth-order valence-electron chi connectivity index (χ4n) is 1.91. The van der Waals surface area contributed by atoms with Crippen molar-refractivity contribution in [1.29, 1.82) is 0 Å². The molecule has 116 valence electrons. The van der Waals surface area contributed by atoms with E-state index in [0.717, 1.165) is 25.9 Å². The Kier molecular flexibility index (Phi) is 7.29. The summed E-state index contributed by atoms with van der Waals surface area (Å²) in [4.78, 5) is 10.9. The van der Waals surface area contributed by atoms with Crippen LogP contribution in [0.1, 0.15) is 39.2 Å². The number of hydrogen-bond donors (Lipinski definition) is 2. The number of benzene rings is 1. The molecular weight excluding hydrogens is 262 g/mol. The quantitative estimate of drug-likeness (QED) is 0.479. The van der Waals surface area contributed by atoms with E-state index >= 15 is 0 Å². The van der Waals surface area contributed by atoms with Crippen molar-refractivity contribution in [3.8, 4) is 0 Å². The maximum atomic E-state index is 5.55. The molecule has 0 amide bonds. The molecule has 0 atom stereocenters. The Labute approximate surface area is 127 Å². The second-order valence-corrected chi connectivity index (χ2v) is 5.28. The van der Waals surface area contributed by atoms with Crippen LogP contribution in [0.5, 0.6) is 0 Å². The molecule has 0 saturated heterocycles. The minimum atomic E-state index is 0.0453. The number of unbranched alkanes of at least 4 members (excludes halogenated alkanes) is 1. The molecule has 0 bridgehead atoms. The molecule has 0 radical (unpaired) electrons. The van der Waals surface area contributed by atoms with E-state index in [1.807, 2.05) is 18.2 Å². The number of guanidine groups is 2.